The van der Waals surface area contributed by atoms with Gasteiger partial charge < -0.3 is 29.5 Å². The Bertz CT molecular complexity index is 1090. The van der Waals surface area contributed by atoms with Crippen molar-refractivity contribution in [1.82, 2.24) is 20.0 Å². The van der Waals surface area contributed by atoms with Crippen LogP contribution in [0.25, 0.3) is 0 Å². The quantitative estimate of drug-likeness (QED) is 0.523. The average molecular weight is 570 g/mol. The molecule has 11 heteroatoms. The largest absolute Gasteiger partial charge is 0.444 e. The summed E-state index contributed by atoms with van der Waals surface area (Å²) in [5.41, 5.74) is -0.504. The topological polar surface area (TPSA) is 91.4 Å². The number of halogens is 2. The summed E-state index contributed by atoms with van der Waals surface area (Å²) in [5.74, 6) is -0.140. The molecule has 5 rings (SSSR count). The zero-order valence-corrected chi connectivity index (χ0v) is 24.4. The number of piperazine rings is 2. The molecule has 210 valence electrons. The summed E-state index contributed by atoms with van der Waals surface area (Å²) in [6.07, 6.45) is 1.37. The highest BCUT2D eigenvalue weighted by Gasteiger charge is 2.48. The minimum atomic E-state index is -0.525. The number of nitrogens with one attached hydrogen (secondary N) is 1. The molecule has 0 unspecified atom stereocenters. The average Bonchev–Trinajstić information content (AvgIpc) is 3.59. The zero-order chi connectivity index (χ0) is 28.0. The standard InChI is InChI=1S/C17H20Cl2N2O3.C10H18N2O2/c1-17(2,3)24-16(23)21-9-10-7-11(21)8-20(10)15(22)12-5-4-6-13(18)14(12)19;1-10(2,3)14-9(13)12-6-7-4-8(12)5-11-7/h4-6,10-11H,7-9H2,1-3H3;7-8,11H,4-6H2,1-3H3/t10-,11-;7-,8-/m11/s1. The Morgan fingerprint density at radius 3 is 1.84 bits per heavy atom. The fourth-order valence-electron chi connectivity index (χ4n) is 5.39. The van der Waals surface area contributed by atoms with E-state index in [2.05, 4.69) is 5.32 Å². The molecule has 38 heavy (non-hydrogen) atoms. The molecule has 4 bridgehead atoms. The first-order valence-electron chi connectivity index (χ1n) is 13.1. The lowest BCUT2D eigenvalue weighted by atomic mass is 10.1. The molecule has 4 heterocycles. The maximum absolute atomic E-state index is 12.8. The number of carbonyl (C=O) groups excluding carboxylic acids is 3. The molecule has 1 N–H and O–H groups in total. The van der Waals surface area contributed by atoms with Crippen LogP contribution in [0.2, 0.25) is 10.0 Å². The predicted octanol–water partition coefficient (Wildman–Crippen LogP) is 4.79. The van der Waals surface area contributed by atoms with Crippen LogP contribution in [0.4, 0.5) is 9.59 Å². The van der Waals surface area contributed by atoms with Crippen molar-refractivity contribution in [1.29, 1.82) is 0 Å². The van der Waals surface area contributed by atoms with E-state index < -0.39 is 5.60 Å². The molecule has 0 radical (unpaired) electrons. The molecule has 4 fully saturated rings. The third-order valence-electron chi connectivity index (χ3n) is 7.00. The van der Waals surface area contributed by atoms with Gasteiger partial charge in [0.15, 0.2) is 0 Å². The highest BCUT2D eigenvalue weighted by atomic mass is 35.5. The van der Waals surface area contributed by atoms with Crippen LogP contribution in [-0.2, 0) is 9.47 Å². The summed E-state index contributed by atoms with van der Waals surface area (Å²) in [7, 11) is 0. The minimum absolute atomic E-state index is 0.00763. The van der Waals surface area contributed by atoms with Crippen LogP contribution in [0.5, 0.6) is 0 Å². The molecule has 0 aromatic heterocycles. The second-order valence-electron chi connectivity index (χ2n) is 12.4. The predicted molar refractivity (Wildman–Crippen MR) is 146 cm³/mol. The fourth-order valence-corrected chi connectivity index (χ4v) is 5.77. The number of rotatable bonds is 1. The Balaban J connectivity index is 0.000000204. The number of ether oxygens (including phenoxy) is 2. The molecule has 4 aliphatic heterocycles. The van der Waals surface area contributed by atoms with Crippen molar-refractivity contribution in [2.75, 3.05) is 26.2 Å². The van der Waals surface area contributed by atoms with Crippen molar-refractivity contribution in [2.24, 2.45) is 0 Å². The first-order chi connectivity index (χ1) is 17.6. The van der Waals surface area contributed by atoms with Crippen molar-refractivity contribution in [2.45, 2.75) is 89.8 Å². The van der Waals surface area contributed by atoms with Gasteiger partial charge in [-0.2, -0.15) is 0 Å². The van der Waals surface area contributed by atoms with E-state index in [-0.39, 0.29) is 40.8 Å². The first-order valence-corrected chi connectivity index (χ1v) is 13.9. The van der Waals surface area contributed by atoms with Crippen LogP contribution in [0, 0.1) is 0 Å². The van der Waals surface area contributed by atoms with E-state index >= 15 is 0 Å². The Labute approximate surface area is 234 Å². The van der Waals surface area contributed by atoms with Crippen LogP contribution < -0.4 is 5.32 Å². The molecule has 1 aromatic rings. The van der Waals surface area contributed by atoms with Crippen molar-refractivity contribution < 1.29 is 23.9 Å². The molecule has 0 aliphatic carbocycles. The van der Waals surface area contributed by atoms with E-state index in [0.717, 1.165) is 25.9 Å². The van der Waals surface area contributed by atoms with Gasteiger partial charge >= 0.3 is 12.2 Å². The molecule has 9 nitrogen and oxygen atoms in total. The van der Waals surface area contributed by atoms with Gasteiger partial charge in [-0.3, -0.25) is 4.79 Å². The van der Waals surface area contributed by atoms with Gasteiger partial charge in [-0.1, -0.05) is 29.3 Å². The lowest BCUT2D eigenvalue weighted by Gasteiger charge is -2.35. The van der Waals surface area contributed by atoms with Gasteiger partial charge in [0, 0.05) is 38.3 Å². The third kappa shape index (κ3) is 6.49. The van der Waals surface area contributed by atoms with Crippen LogP contribution >= 0.6 is 23.2 Å². The Hall–Kier alpha value is -2.23. The maximum atomic E-state index is 12.8. The molecule has 0 spiro atoms. The minimum Gasteiger partial charge on any atom is -0.444 e. The van der Waals surface area contributed by atoms with Gasteiger partial charge in [0.1, 0.15) is 11.2 Å². The lowest BCUT2D eigenvalue weighted by molar-refractivity contribution is 0.0125. The number of hydrogen-bond donors (Lipinski definition) is 1. The van der Waals surface area contributed by atoms with Gasteiger partial charge in [0.25, 0.3) is 5.91 Å². The van der Waals surface area contributed by atoms with Crippen LogP contribution in [0.1, 0.15) is 64.7 Å². The number of benzene rings is 1. The number of fused-ring (bicyclic) bond motifs is 4. The summed E-state index contributed by atoms with van der Waals surface area (Å²) in [6, 6.07) is 5.87. The van der Waals surface area contributed by atoms with Gasteiger partial charge in [-0.15, -0.1) is 0 Å². The monoisotopic (exact) mass is 568 g/mol. The molecule has 4 aliphatic rings. The normalized spacial score (nSPS) is 25.8. The molecule has 4 atom stereocenters. The van der Waals surface area contributed by atoms with Crippen molar-refractivity contribution in [3.63, 3.8) is 0 Å². The molecule has 1 aromatic carbocycles. The number of hydrogen-bond acceptors (Lipinski definition) is 6. The Morgan fingerprint density at radius 2 is 1.37 bits per heavy atom. The second-order valence-corrected chi connectivity index (χ2v) is 13.1. The summed E-state index contributed by atoms with van der Waals surface area (Å²) in [5, 5.41) is 3.99. The smallest absolute Gasteiger partial charge is 0.410 e. The number of amides is 3. The summed E-state index contributed by atoms with van der Waals surface area (Å²) < 4.78 is 10.8. The molecule has 0 saturated carbocycles. The van der Waals surface area contributed by atoms with Gasteiger partial charge in [-0.05, 0) is 66.5 Å². The molecular formula is C27H38Cl2N4O5. The fraction of sp³-hybridized carbons (Fsp3) is 0.667. The summed E-state index contributed by atoms with van der Waals surface area (Å²) >= 11 is 12.2. The first kappa shape index (κ1) is 28.8. The Kier molecular flexibility index (Phi) is 8.13. The number of likely N-dealkylation sites (tertiary alicyclic amines) is 3. The van der Waals surface area contributed by atoms with Crippen LogP contribution in [-0.4, -0.2) is 94.3 Å². The summed E-state index contributed by atoms with van der Waals surface area (Å²) in [4.78, 5) is 42.1. The van der Waals surface area contributed by atoms with Gasteiger partial charge in [0.05, 0.1) is 27.7 Å². The van der Waals surface area contributed by atoms with Crippen LogP contribution in [0.3, 0.4) is 0 Å². The van der Waals surface area contributed by atoms with E-state index in [9.17, 15) is 14.4 Å². The van der Waals surface area contributed by atoms with Crippen LogP contribution in [0.15, 0.2) is 18.2 Å². The SMILES string of the molecule is CC(C)(C)OC(=O)N1C[C@H]2C[C@@H]1CN2.CC(C)(C)OC(=O)N1C[C@H]2C[C@@H]1CN2C(=O)c1cccc(Cl)c1Cl. The van der Waals surface area contributed by atoms with Crippen molar-refractivity contribution >= 4 is 41.3 Å². The Morgan fingerprint density at radius 1 is 0.816 bits per heavy atom. The third-order valence-corrected chi connectivity index (χ3v) is 7.81. The van der Waals surface area contributed by atoms with E-state index in [1.807, 2.05) is 46.4 Å². The zero-order valence-electron chi connectivity index (χ0n) is 22.9. The highest BCUT2D eigenvalue weighted by molar-refractivity contribution is 6.43. The van der Waals surface area contributed by atoms with E-state index in [1.54, 1.807) is 28.0 Å². The molecule has 3 amide bonds. The summed E-state index contributed by atoms with van der Waals surface area (Å²) in [6.45, 7) is 13.9. The number of carbonyl (C=O) groups is 3. The highest BCUT2D eigenvalue weighted by Crippen LogP contribution is 2.35. The molecule has 4 saturated heterocycles. The lowest BCUT2D eigenvalue weighted by Crippen LogP contribution is -2.51. The van der Waals surface area contributed by atoms with E-state index in [0.29, 0.717) is 35.8 Å². The van der Waals surface area contributed by atoms with Gasteiger partial charge in [0.2, 0.25) is 0 Å². The maximum Gasteiger partial charge on any atom is 0.410 e. The van der Waals surface area contributed by atoms with Crippen molar-refractivity contribution in [3.05, 3.63) is 33.8 Å². The van der Waals surface area contributed by atoms with Gasteiger partial charge in [-0.25, -0.2) is 9.59 Å². The van der Waals surface area contributed by atoms with E-state index in [1.165, 1.54) is 0 Å². The number of nitrogens with zero attached hydrogens (tertiary/aromatic N) is 3. The van der Waals surface area contributed by atoms with E-state index in [4.69, 9.17) is 32.7 Å². The second kappa shape index (κ2) is 10.7. The van der Waals surface area contributed by atoms with Crippen molar-refractivity contribution in [3.8, 4) is 0 Å². The molecular weight excluding hydrogens is 531 g/mol.